The third-order valence-corrected chi connectivity index (χ3v) is 4.66. The van der Waals surface area contributed by atoms with Crippen LogP contribution in [-0.4, -0.2) is 10.8 Å². The number of hydrogen-bond acceptors (Lipinski definition) is 5. The first-order valence-electron chi connectivity index (χ1n) is 7.07. The predicted octanol–water partition coefficient (Wildman–Crippen LogP) is 3.85. The van der Waals surface area contributed by atoms with Crippen molar-refractivity contribution in [1.82, 2.24) is 0 Å². The van der Waals surface area contributed by atoms with E-state index in [1.54, 1.807) is 0 Å². The molecule has 3 aromatic rings. The quantitative estimate of drug-likeness (QED) is 0.237. The number of nitro groups is 1. The Labute approximate surface area is 151 Å². The minimum absolute atomic E-state index is 0.140. The molecular formula is C15H7F4N3O4S. The van der Waals surface area contributed by atoms with Crippen molar-refractivity contribution < 1.29 is 32.0 Å². The third kappa shape index (κ3) is 3.38. The van der Waals surface area contributed by atoms with Crippen LogP contribution in [0.15, 0.2) is 36.4 Å². The first kappa shape index (κ1) is 18.5. The number of rotatable bonds is 3. The third-order valence-electron chi connectivity index (χ3n) is 3.49. The molecule has 0 spiro atoms. The van der Waals surface area contributed by atoms with Crippen LogP contribution in [0.25, 0.3) is 10.2 Å². The second-order valence-electron chi connectivity index (χ2n) is 5.23. The Morgan fingerprint density at radius 1 is 1.22 bits per heavy atom. The largest absolute Gasteiger partial charge is 0.617 e. The number of alkyl halides is 3. The predicted molar refractivity (Wildman–Crippen MR) is 86.8 cm³/mol. The summed E-state index contributed by atoms with van der Waals surface area (Å²) in [6.45, 7) is 0. The number of nitro benzene ring substituents is 1. The number of amides is 1. The molecule has 0 bridgehead atoms. The SMILES string of the molecule is O=C(Nc1ccccc1F)c1sc2c([N+](=O)[O-])cc(C(F)(F)F)cc2[n+]1[O-]. The van der Waals surface area contributed by atoms with Crippen molar-refractivity contribution in [3.8, 4) is 0 Å². The van der Waals surface area contributed by atoms with Crippen molar-refractivity contribution in [2.24, 2.45) is 0 Å². The van der Waals surface area contributed by atoms with Crippen LogP contribution in [0.2, 0.25) is 0 Å². The summed E-state index contributed by atoms with van der Waals surface area (Å²) in [4.78, 5) is 22.3. The highest BCUT2D eigenvalue weighted by molar-refractivity contribution is 7.20. The van der Waals surface area contributed by atoms with E-state index >= 15 is 0 Å². The molecule has 0 aliphatic rings. The Morgan fingerprint density at radius 2 is 1.89 bits per heavy atom. The number of fused-ring (bicyclic) bond motifs is 1. The summed E-state index contributed by atoms with van der Waals surface area (Å²) in [5.74, 6) is -1.91. The number of aromatic nitrogens is 1. The molecule has 7 nitrogen and oxygen atoms in total. The molecule has 0 fully saturated rings. The summed E-state index contributed by atoms with van der Waals surface area (Å²) in [5.41, 5.74) is -3.30. The molecule has 0 atom stereocenters. The van der Waals surface area contributed by atoms with Gasteiger partial charge in [0.1, 0.15) is 5.82 Å². The van der Waals surface area contributed by atoms with Gasteiger partial charge in [-0.25, -0.2) is 4.39 Å². The second kappa shape index (κ2) is 6.46. The van der Waals surface area contributed by atoms with Gasteiger partial charge in [-0.3, -0.25) is 14.9 Å². The standard InChI is InChI=1S/C15H7F4N3O4S/c16-8-3-1-2-4-9(8)20-13(23)14-21(24)10-5-7(15(17,18)19)6-11(22(25)26)12(10)27-14/h1-6H,(H,20,23). The number of thiazole rings is 1. The van der Waals surface area contributed by atoms with E-state index < -0.39 is 49.3 Å². The van der Waals surface area contributed by atoms with E-state index in [2.05, 4.69) is 5.32 Å². The van der Waals surface area contributed by atoms with E-state index in [-0.39, 0.29) is 16.5 Å². The number of nitrogens with zero attached hydrogens (tertiary/aromatic N) is 2. The normalized spacial score (nSPS) is 11.6. The van der Waals surface area contributed by atoms with E-state index in [1.165, 1.54) is 18.2 Å². The van der Waals surface area contributed by atoms with Gasteiger partial charge in [-0.1, -0.05) is 12.1 Å². The summed E-state index contributed by atoms with van der Waals surface area (Å²) in [5, 5.41) is 24.8. The van der Waals surface area contributed by atoms with Gasteiger partial charge in [0.2, 0.25) is 5.52 Å². The van der Waals surface area contributed by atoms with Crippen LogP contribution in [0.4, 0.5) is 28.9 Å². The fraction of sp³-hybridized carbons (Fsp3) is 0.0667. The van der Waals surface area contributed by atoms with Gasteiger partial charge in [-0.05, 0) is 23.5 Å². The van der Waals surface area contributed by atoms with Crippen molar-refractivity contribution in [3.05, 3.63) is 68.1 Å². The average molecular weight is 401 g/mol. The van der Waals surface area contributed by atoms with Crippen molar-refractivity contribution in [1.29, 1.82) is 0 Å². The molecule has 1 heterocycles. The topological polar surface area (TPSA) is 99.2 Å². The highest BCUT2D eigenvalue weighted by atomic mass is 32.1. The molecule has 3 rings (SSSR count). The van der Waals surface area contributed by atoms with Crippen LogP contribution in [0.5, 0.6) is 0 Å². The highest BCUT2D eigenvalue weighted by Gasteiger charge is 2.37. The molecule has 140 valence electrons. The van der Waals surface area contributed by atoms with E-state index in [0.717, 1.165) is 6.07 Å². The number of carbonyl (C=O) groups excluding carboxylic acids is 1. The number of non-ortho nitro benzene ring substituents is 1. The molecule has 0 unspecified atom stereocenters. The lowest BCUT2D eigenvalue weighted by Gasteiger charge is -2.06. The summed E-state index contributed by atoms with van der Waals surface area (Å²) < 4.78 is 51.9. The number of para-hydroxylation sites is 1. The minimum Gasteiger partial charge on any atom is -0.617 e. The molecule has 0 aliphatic heterocycles. The number of benzene rings is 2. The molecule has 1 aromatic heterocycles. The molecular weight excluding hydrogens is 394 g/mol. The van der Waals surface area contributed by atoms with E-state index in [1.807, 2.05) is 0 Å². The average Bonchev–Trinajstić information content (AvgIpc) is 2.92. The van der Waals surface area contributed by atoms with E-state index in [0.29, 0.717) is 17.4 Å². The van der Waals surface area contributed by atoms with Crippen molar-refractivity contribution >= 4 is 38.8 Å². The molecule has 12 heteroatoms. The molecule has 0 aliphatic carbocycles. The van der Waals surface area contributed by atoms with Crippen LogP contribution in [0, 0.1) is 21.1 Å². The summed E-state index contributed by atoms with van der Waals surface area (Å²) in [6.07, 6.45) is -4.93. The highest BCUT2D eigenvalue weighted by Crippen LogP contribution is 2.38. The first-order valence-corrected chi connectivity index (χ1v) is 7.89. The van der Waals surface area contributed by atoms with E-state index in [9.17, 15) is 37.7 Å². The number of nitrogens with one attached hydrogen (secondary N) is 1. The van der Waals surface area contributed by atoms with Crippen molar-refractivity contribution in [2.75, 3.05) is 5.32 Å². The summed E-state index contributed by atoms with van der Waals surface area (Å²) in [6, 6.07) is 5.74. The number of halogens is 4. The minimum atomic E-state index is -4.93. The maximum Gasteiger partial charge on any atom is 0.416 e. The maximum absolute atomic E-state index is 13.6. The van der Waals surface area contributed by atoms with Gasteiger partial charge in [-0.15, -0.1) is 4.73 Å². The Kier molecular flexibility index (Phi) is 4.43. The zero-order valence-electron chi connectivity index (χ0n) is 12.9. The van der Waals surface area contributed by atoms with Gasteiger partial charge in [0.05, 0.1) is 16.2 Å². The molecule has 2 aromatic carbocycles. The van der Waals surface area contributed by atoms with Crippen LogP contribution in [-0.2, 0) is 6.18 Å². The van der Waals surface area contributed by atoms with Gasteiger partial charge >= 0.3 is 17.1 Å². The van der Waals surface area contributed by atoms with Gasteiger partial charge in [-0.2, -0.15) is 13.2 Å². The van der Waals surface area contributed by atoms with E-state index in [4.69, 9.17) is 0 Å². The molecule has 0 saturated carbocycles. The second-order valence-corrected chi connectivity index (χ2v) is 6.23. The van der Waals surface area contributed by atoms with Crippen molar-refractivity contribution in [2.45, 2.75) is 6.18 Å². The van der Waals surface area contributed by atoms with Gasteiger partial charge in [0.25, 0.3) is 5.69 Å². The van der Waals surface area contributed by atoms with Crippen LogP contribution >= 0.6 is 11.3 Å². The number of anilines is 1. The maximum atomic E-state index is 13.6. The lowest BCUT2D eigenvalue weighted by atomic mass is 10.2. The number of hydrogen-bond donors (Lipinski definition) is 1. The fourth-order valence-electron chi connectivity index (χ4n) is 2.28. The molecule has 1 N–H and O–H groups in total. The van der Waals surface area contributed by atoms with Gasteiger partial charge in [0, 0.05) is 12.1 Å². The van der Waals surface area contributed by atoms with Crippen molar-refractivity contribution in [3.63, 3.8) is 0 Å². The van der Waals surface area contributed by atoms with Gasteiger partial charge in [0.15, 0.2) is 4.70 Å². The first-order chi connectivity index (χ1) is 12.6. The Morgan fingerprint density at radius 3 is 2.48 bits per heavy atom. The fourth-order valence-corrected chi connectivity index (χ4v) is 3.28. The molecule has 0 radical (unpaired) electrons. The summed E-state index contributed by atoms with van der Waals surface area (Å²) in [7, 11) is 0. The Hall–Kier alpha value is -3.28. The molecule has 1 amide bonds. The zero-order valence-corrected chi connectivity index (χ0v) is 13.7. The zero-order chi connectivity index (χ0) is 19.9. The van der Waals surface area contributed by atoms with Crippen LogP contribution in [0.1, 0.15) is 15.4 Å². The lowest BCUT2D eigenvalue weighted by Crippen LogP contribution is -2.34. The monoisotopic (exact) mass is 401 g/mol. The Bertz CT molecular complexity index is 1080. The van der Waals surface area contributed by atoms with Gasteiger partial charge < -0.3 is 10.5 Å². The molecule has 27 heavy (non-hydrogen) atoms. The lowest BCUT2D eigenvalue weighted by molar-refractivity contribution is -0.574. The smallest absolute Gasteiger partial charge is 0.416 e. The van der Waals surface area contributed by atoms with Crippen LogP contribution in [0.3, 0.4) is 0 Å². The summed E-state index contributed by atoms with van der Waals surface area (Å²) >= 11 is 0.338. The molecule has 0 saturated heterocycles. The number of carbonyl (C=O) groups is 1. The Balaban J connectivity index is 2.14. The van der Waals surface area contributed by atoms with Crippen LogP contribution < -0.4 is 10.0 Å².